The normalized spacial score (nSPS) is 16.0. The minimum absolute atomic E-state index is 0.569. The van der Waals surface area contributed by atoms with Crippen LogP contribution in [0.4, 0.5) is 17.6 Å². The van der Waals surface area contributed by atoms with E-state index in [9.17, 15) is 0 Å². The van der Waals surface area contributed by atoms with Crippen molar-refractivity contribution < 1.29 is 0 Å². The van der Waals surface area contributed by atoms with E-state index < -0.39 is 0 Å². The molecule has 3 rings (SSSR count). The summed E-state index contributed by atoms with van der Waals surface area (Å²) in [6.07, 6.45) is 0. The molecule has 0 radical (unpaired) electrons. The number of anilines is 3. The van der Waals surface area contributed by atoms with Crippen molar-refractivity contribution in [1.82, 2.24) is 24.9 Å². The summed E-state index contributed by atoms with van der Waals surface area (Å²) >= 11 is 0. The molecule has 25 heavy (non-hydrogen) atoms. The van der Waals surface area contributed by atoms with Crippen molar-refractivity contribution in [3.05, 3.63) is 34.6 Å². The summed E-state index contributed by atoms with van der Waals surface area (Å²) in [4.78, 5) is 15.7. The zero-order chi connectivity index (χ0) is 18.0. The van der Waals surface area contributed by atoms with E-state index in [0.29, 0.717) is 17.7 Å². The Bertz CT molecular complexity index is 728. The number of rotatable bonds is 4. The Morgan fingerprint density at radius 1 is 0.840 bits per heavy atom. The van der Waals surface area contributed by atoms with Crippen molar-refractivity contribution in [2.45, 2.75) is 27.7 Å². The number of hydrogen-bond donors (Lipinski definition) is 2. The number of hydrazine groups is 1. The SMILES string of the molecule is Cc1cc(C)c(Nc2nc(C)nc(NN3CCN(C)CC3)n2)c(C)c1. The molecule has 1 aliphatic heterocycles. The molecule has 1 fully saturated rings. The Labute approximate surface area is 149 Å². The minimum atomic E-state index is 0.569. The third kappa shape index (κ3) is 4.43. The molecule has 2 aromatic rings. The summed E-state index contributed by atoms with van der Waals surface area (Å²) in [6.45, 7) is 12.1. The fourth-order valence-corrected chi connectivity index (χ4v) is 3.14. The molecule has 1 aliphatic rings. The van der Waals surface area contributed by atoms with Crippen LogP contribution >= 0.6 is 0 Å². The first-order valence-corrected chi connectivity index (χ1v) is 8.68. The zero-order valence-corrected chi connectivity index (χ0v) is 15.7. The fraction of sp³-hybridized carbons (Fsp3) is 0.500. The van der Waals surface area contributed by atoms with E-state index in [2.05, 4.69) is 75.6 Å². The fourth-order valence-electron chi connectivity index (χ4n) is 3.14. The molecule has 2 N–H and O–H groups in total. The van der Waals surface area contributed by atoms with E-state index in [0.717, 1.165) is 31.9 Å². The van der Waals surface area contributed by atoms with Gasteiger partial charge in [-0.05, 0) is 45.9 Å². The van der Waals surface area contributed by atoms with Gasteiger partial charge in [0, 0.05) is 31.9 Å². The quantitative estimate of drug-likeness (QED) is 0.885. The molecule has 134 valence electrons. The number of nitrogens with zero attached hydrogens (tertiary/aromatic N) is 5. The molecule has 0 bridgehead atoms. The van der Waals surface area contributed by atoms with Gasteiger partial charge >= 0.3 is 0 Å². The van der Waals surface area contributed by atoms with Crippen LogP contribution in [-0.4, -0.2) is 58.1 Å². The number of benzene rings is 1. The Morgan fingerprint density at radius 2 is 1.44 bits per heavy atom. The van der Waals surface area contributed by atoms with Gasteiger partial charge in [-0.1, -0.05) is 17.7 Å². The Hall–Kier alpha value is -2.25. The molecule has 0 unspecified atom stereocenters. The number of piperazine rings is 1. The number of aromatic nitrogens is 3. The average Bonchev–Trinajstić information content (AvgIpc) is 2.52. The lowest BCUT2D eigenvalue weighted by molar-refractivity contribution is 0.178. The molecule has 7 heteroatoms. The van der Waals surface area contributed by atoms with Gasteiger partial charge in [0.05, 0.1) is 0 Å². The zero-order valence-electron chi connectivity index (χ0n) is 15.7. The maximum atomic E-state index is 4.55. The number of aryl methyl sites for hydroxylation is 4. The molecule has 1 saturated heterocycles. The predicted molar refractivity (Wildman–Crippen MR) is 101 cm³/mol. The molecular formula is C18H27N7. The van der Waals surface area contributed by atoms with Crippen molar-refractivity contribution in [2.75, 3.05) is 44.0 Å². The van der Waals surface area contributed by atoms with Gasteiger partial charge in [0.1, 0.15) is 5.82 Å². The van der Waals surface area contributed by atoms with Crippen LogP contribution in [-0.2, 0) is 0 Å². The van der Waals surface area contributed by atoms with Crippen LogP contribution in [0.3, 0.4) is 0 Å². The highest BCUT2D eigenvalue weighted by Gasteiger charge is 2.15. The lowest BCUT2D eigenvalue weighted by atomic mass is 10.1. The molecule has 0 amide bonds. The van der Waals surface area contributed by atoms with Gasteiger partial charge < -0.3 is 10.2 Å². The first kappa shape index (κ1) is 17.6. The molecule has 0 saturated carbocycles. The minimum Gasteiger partial charge on any atom is -0.324 e. The van der Waals surface area contributed by atoms with Crippen molar-refractivity contribution in [2.24, 2.45) is 0 Å². The summed E-state index contributed by atoms with van der Waals surface area (Å²) < 4.78 is 0. The Morgan fingerprint density at radius 3 is 2.08 bits per heavy atom. The highest BCUT2D eigenvalue weighted by Crippen LogP contribution is 2.24. The first-order chi connectivity index (χ1) is 11.9. The highest BCUT2D eigenvalue weighted by molar-refractivity contribution is 5.64. The molecule has 7 nitrogen and oxygen atoms in total. The summed E-state index contributed by atoms with van der Waals surface area (Å²) in [6, 6.07) is 4.32. The van der Waals surface area contributed by atoms with E-state index in [1.165, 1.54) is 16.7 Å². The second-order valence-corrected chi connectivity index (χ2v) is 6.83. The van der Waals surface area contributed by atoms with E-state index in [4.69, 9.17) is 0 Å². The maximum Gasteiger partial charge on any atom is 0.242 e. The Kier molecular flexibility index (Phi) is 5.15. The Balaban J connectivity index is 1.78. The molecule has 2 heterocycles. The second-order valence-electron chi connectivity index (χ2n) is 6.83. The first-order valence-electron chi connectivity index (χ1n) is 8.68. The van der Waals surface area contributed by atoms with E-state index in [1.807, 2.05) is 6.92 Å². The van der Waals surface area contributed by atoms with Crippen molar-refractivity contribution in [1.29, 1.82) is 0 Å². The van der Waals surface area contributed by atoms with Gasteiger partial charge in [-0.3, -0.25) is 5.43 Å². The van der Waals surface area contributed by atoms with Gasteiger partial charge in [-0.25, -0.2) is 5.01 Å². The molecule has 1 aromatic carbocycles. The van der Waals surface area contributed by atoms with Crippen molar-refractivity contribution >= 4 is 17.6 Å². The number of nitrogens with one attached hydrogen (secondary N) is 2. The maximum absolute atomic E-state index is 4.55. The molecular weight excluding hydrogens is 314 g/mol. The summed E-state index contributed by atoms with van der Waals surface area (Å²) in [5.41, 5.74) is 7.99. The molecule has 0 spiro atoms. The van der Waals surface area contributed by atoms with Crippen LogP contribution in [0.2, 0.25) is 0 Å². The van der Waals surface area contributed by atoms with E-state index in [1.54, 1.807) is 0 Å². The highest BCUT2D eigenvalue weighted by atomic mass is 15.6. The van der Waals surface area contributed by atoms with Gasteiger partial charge in [0.2, 0.25) is 11.9 Å². The van der Waals surface area contributed by atoms with Crippen molar-refractivity contribution in [3.8, 4) is 0 Å². The molecule has 1 aromatic heterocycles. The van der Waals surface area contributed by atoms with Crippen LogP contribution in [0.25, 0.3) is 0 Å². The third-order valence-electron chi connectivity index (χ3n) is 4.42. The summed E-state index contributed by atoms with van der Waals surface area (Å²) in [7, 11) is 2.14. The van der Waals surface area contributed by atoms with Crippen LogP contribution in [0.5, 0.6) is 0 Å². The van der Waals surface area contributed by atoms with Gasteiger partial charge in [-0.15, -0.1) is 0 Å². The lowest BCUT2D eigenvalue weighted by Gasteiger charge is -2.32. The molecule has 0 atom stereocenters. The topological polar surface area (TPSA) is 69.2 Å². The van der Waals surface area contributed by atoms with Gasteiger partial charge in [0.25, 0.3) is 0 Å². The van der Waals surface area contributed by atoms with Crippen LogP contribution in [0.15, 0.2) is 12.1 Å². The third-order valence-corrected chi connectivity index (χ3v) is 4.42. The van der Waals surface area contributed by atoms with Gasteiger partial charge in [0.15, 0.2) is 0 Å². The van der Waals surface area contributed by atoms with Crippen LogP contribution in [0.1, 0.15) is 22.5 Å². The average molecular weight is 341 g/mol. The lowest BCUT2D eigenvalue weighted by Crippen LogP contribution is -2.47. The number of likely N-dealkylation sites (N-methyl/N-ethyl adjacent to an activating group) is 1. The summed E-state index contributed by atoms with van der Waals surface area (Å²) in [5, 5.41) is 5.52. The van der Waals surface area contributed by atoms with Crippen LogP contribution in [0, 0.1) is 27.7 Å². The van der Waals surface area contributed by atoms with Crippen molar-refractivity contribution in [3.63, 3.8) is 0 Å². The van der Waals surface area contributed by atoms with Crippen LogP contribution < -0.4 is 10.7 Å². The standard InChI is InChI=1S/C18H27N7/c1-12-10-13(2)16(14(3)11-12)21-17-19-15(4)20-18(22-17)23-25-8-6-24(5)7-9-25/h10-11H,6-9H2,1-5H3,(H2,19,20,21,22,23). The summed E-state index contributed by atoms with van der Waals surface area (Å²) in [5.74, 6) is 1.85. The predicted octanol–water partition coefficient (Wildman–Crippen LogP) is 2.42. The largest absolute Gasteiger partial charge is 0.324 e. The monoisotopic (exact) mass is 341 g/mol. The van der Waals surface area contributed by atoms with E-state index >= 15 is 0 Å². The number of hydrogen-bond acceptors (Lipinski definition) is 7. The van der Waals surface area contributed by atoms with E-state index in [-0.39, 0.29) is 0 Å². The second kappa shape index (κ2) is 7.33. The van der Waals surface area contributed by atoms with Gasteiger partial charge in [-0.2, -0.15) is 15.0 Å². The molecule has 0 aliphatic carbocycles. The smallest absolute Gasteiger partial charge is 0.242 e.